The second kappa shape index (κ2) is 2.46. The van der Waals surface area contributed by atoms with Gasteiger partial charge >= 0.3 is 0 Å². The fraction of sp³-hybridized carbons (Fsp3) is 0.222. The van der Waals surface area contributed by atoms with Crippen LogP contribution in [0, 0.1) is 6.92 Å². The van der Waals surface area contributed by atoms with Gasteiger partial charge in [-0.25, -0.2) is 0 Å². The summed E-state index contributed by atoms with van der Waals surface area (Å²) in [5.74, 6) is 0.902. The van der Waals surface area contributed by atoms with Crippen molar-refractivity contribution >= 4 is 5.69 Å². The molecule has 1 unspecified atom stereocenters. The van der Waals surface area contributed by atoms with Crippen LogP contribution in [0.5, 0.6) is 5.75 Å². The second-order valence-electron chi connectivity index (χ2n) is 2.62. The Hall–Kier alpha value is -1.18. The van der Waals surface area contributed by atoms with Gasteiger partial charge < -0.3 is 10.1 Å². The number of anilines is 1. The summed E-state index contributed by atoms with van der Waals surface area (Å²) in [6, 6.07) is 7.89. The number of hydrogen-bond acceptors (Lipinski definition) is 2. The summed E-state index contributed by atoms with van der Waals surface area (Å²) in [4.78, 5) is 0. The lowest BCUT2D eigenvalue weighted by Gasteiger charge is -2.24. The Morgan fingerprint density at radius 1 is 1.45 bits per heavy atom. The van der Waals surface area contributed by atoms with Crippen molar-refractivity contribution in [1.29, 1.82) is 0 Å². The molecule has 1 aliphatic rings. The molecule has 2 rings (SSSR count). The zero-order chi connectivity index (χ0) is 7.68. The van der Waals surface area contributed by atoms with Crippen LogP contribution in [0.15, 0.2) is 24.3 Å². The van der Waals surface area contributed by atoms with E-state index >= 15 is 0 Å². The van der Waals surface area contributed by atoms with Gasteiger partial charge in [-0.15, -0.1) is 0 Å². The molecule has 0 saturated carbocycles. The molecule has 11 heavy (non-hydrogen) atoms. The Labute approximate surface area is 66.2 Å². The maximum atomic E-state index is 5.46. The number of ether oxygens (including phenoxy) is 1. The first-order valence-corrected chi connectivity index (χ1v) is 3.69. The summed E-state index contributed by atoms with van der Waals surface area (Å²) >= 11 is 0. The lowest BCUT2D eigenvalue weighted by atomic mass is 10.2. The summed E-state index contributed by atoms with van der Waals surface area (Å²) in [5.41, 5.74) is 1.06. The van der Waals surface area contributed by atoms with E-state index in [4.69, 9.17) is 4.74 Å². The van der Waals surface area contributed by atoms with Gasteiger partial charge in [-0.1, -0.05) is 12.1 Å². The average molecular weight is 148 g/mol. The molecule has 57 valence electrons. The summed E-state index contributed by atoms with van der Waals surface area (Å²) in [5, 5.41) is 3.22. The van der Waals surface area contributed by atoms with Crippen molar-refractivity contribution in [1.82, 2.24) is 0 Å². The quantitative estimate of drug-likeness (QED) is 0.604. The third-order valence-electron chi connectivity index (χ3n) is 1.70. The Balaban J connectivity index is 2.34. The van der Waals surface area contributed by atoms with Gasteiger partial charge in [0.15, 0.2) is 0 Å². The molecule has 0 saturated heterocycles. The van der Waals surface area contributed by atoms with Crippen molar-refractivity contribution in [2.75, 3.05) is 11.9 Å². The Kier molecular flexibility index (Phi) is 1.46. The molecule has 0 spiro atoms. The van der Waals surface area contributed by atoms with Gasteiger partial charge in [0.1, 0.15) is 11.9 Å². The average Bonchev–Trinajstić information content (AvgIpc) is 2.04. The van der Waals surface area contributed by atoms with Gasteiger partial charge in [0.25, 0.3) is 0 Å². The number of nitrogens with one attached hydrogen (secondary N) is 1. The smallest absolute Gasteiger partial charge is 0.142 e. The van der Waals surface area contributed by atoms with E-state index in [-0.39, 0.29) is 6.10 Å². The Bertz CT molecular complexity index is 259. The number of fused-ring (bicyclic) bond motifs is 1. The van der Waals surface area contributed by atoms with Crippen LogP contribution in [-0.4, -0.2) is 12.6 Å². The van der Waals surface area contributed by atoms with E-state index in [1.54, 1.807) is 0 Å². The third-order valence-corrected chi connectivity index (χ3v) is 1.70. The highest BCUT2D eigenvalue weighted by atomic mass is 16.5. The molecule has 1 aliphatic heterocycles. The van der Waals surface area contributed by atoms with Crippen LogP contribution in [0.25, 0.3) is 0 Å². The maximum absolute atomic E-state index is 5.46. The number of hydrogen-bond donors (Lipinski definition) is 1. The Morgan fingerprint density at radius 3 is 3.18 bits per heavy atom. The molecule has 0 aromatic heterocycles. The fourth-order valence-electron chi connectivity index (χ4n) is 1.16. The number of benzene rings is 1. The summed E-state index contributed by atoms with van der Waals surface area (Å²) in [6.45, 7) is 4.60. The standard InChI is InChI=1S/C9H10NO/c1-7-6-10-8-4-2-3-5-9(8)11-7/h2-5,7,10H,1,6H2. The number of para-hydroxylation sites is 2. The van der Waals surface area contributed by atoms with Crippen LogP contribution in [0.1, 0.15) is 0 Å². The van der Waals surface area contributed by atoms with Crippen LogP contribution < -0.4 is 10.1 Å². The third kappa shape index (κ3) is 1.16. The van der Waals surface area contributed by atoms with Crippen molar-refractivity contribution in [3.8, 4) is 5.75 Å². The highest BCUT2D eigenvalue weighted by Gasteiger charge is 2.13. The van der Waals surface area contributed by atoms with E-state index in [1.165, 1.54) is 0 Å². The van der Waals surface area contributed by atoms with Gasteiger partial charge in [0.2, 0.25) is 0 Å². The Morgan fingerprint density at radius 2 is 2.27 bits per heavy atom. The second-order valence-corrected chi connectivity index (χ2v) is 2.62. The molecule has 1 atom stereocenters. The van der Waals surface area contributed by atoms with Crippen molar-refractivity contribution in [3.63, 3.8) is 0 Å². The molecule has 2 nitrogen and oxygen atoms in total. The molecular weight excluding hydrogens is 138 g/mol. The highest BCUT2D eigenvalue weighted by Crippen LogP contribution is 2.27. The van der Waals surface area contributed by atoms with Crippen LogP contribution in [0.4, 0.5) is 5.69 Å². The molecular formula is C9H10NO. The molecule has 1 radical (unpaired) electrons. The normalized spacial score (nSPS) is 21.4. The van der Waals surface area contributed by atoms with E-state index in [2.05, 4.69) is 12.2 Å². The summed E-state index contributed by atoms with van der Waals surface area (Å²) < 4.78 is 5.46. The zero-order valence-electron chi connectivity index (χ0n) is 6.21. The van der Waals surface area contributed by atoms with Crippen LogP contribution >= 0.6 is 0 Å². The van der Waals surface area contributed by atoms with E-state index in [9.17, 15) is 0 Å². The van der Waals surface area contributed by atoms with Crippen LogP contribution in [0.3, 0.4) is 0 Å². The molecule has 0 bridgehead atoms. The minimum Gasteiger partial charge on any atom is -0.486 e. The molecule has 1 N–H and O–H groups in total. The predicted molar refractivity (Wildman–Crippen MR) is 44.7 cm³/mol. The van der Waals surface area contributed by atoms with Crippen LogP contribution in [-0.2, 0) is 0 Å². The first-order chi connectivity index (χ1) is 5.36. The van der Waals surface area contributed by atoms with Gasteiger partial charge in [0, 0.05) is 0 Å². The minimum absolute atomic E-state index is 0.0323. The molecule has 1 heterocycles. The predicted octanol–water partition coefficient (Wildman–Crippen LogP) is 1.69. The van der Waals surface area contributed by atoms with Crippen molar-refractivity contribution < 1.29 is 4.74 Å². The first-order valence-electron chi connectivity index (χ1n) is 3.69. The van der Waals surface area contributed by atoms with Gasteiger partial charge in [0.05, 0.1) is 12.2 Å². The molecule has 0 fully saturated rings. The van der Waals surface area contributed by atoms with E-state index < -0.39 is 0 Å². The van der Waals surface area contributed by atoms with Gasteiger partial charge in [-0.3, -0.25) is 0 Å². The van der Waals surface area contributed by atoms with Crippen molar-refractivity contribution in [2.45, 2.75) is 6.10 Å². The largest absolute Gasteiger partial charge is 0.486 e. The van der Waals surface area contributed by atoms with Crippen LogP contribution in [0.2, 0.25) is 0 Å². The van der Waals surface area contributed by atoms with Gasteiger partial charge in [-0.05, 0) is 19.1 Å². The van der Waals surface area contributed by atoms with Crippen molar-refractivity contribution in [2.24, 2.45) is 0 Å². The molecule has 1 aromatic rings. The first kappa shape index (κ1) is 6.53. The summed E-state index contributed by atoms with van der Waals surface area (Å²) in [7, 11) is 0. The minimum atomic E-state index is 0.0323. The maximum Gasteiger partial charge on any atom is 0.142 e. The van der Waals surface area contributed by atoms with E-state index in [0.717, 1.165) is 18.0 Å². The lowest BCUT2D eigenvalue weighted by molar-refractivity contribution is 0.251. The lowest BCUT2D eigenvalue weighted by Crippen LogP contribution is -2.27. The molecule has 1 aromatic carbocycles. The van der Waals surface area contributed by atoms with E-state index in [0.29, 0.717) is 0 Å². The monoisotopic (exact) mass is 148 g/mol. The SMILES string of the molecule is [CH2]C1CNc2ccccc2O1. The number of rotatable bonds is 0. The van der Waals surface area contributed by atoms with Gasteiger partial charge in [-0.2, -0.15) is 0 Å². The fourth-order valence-corrected chi connectivity index (χ4v) is 1.16. The molecule has 0 aliphatic carbocycles. The van der Waals surface area contributed by atoms with Crippen molar-refractivity contribution in [3.05, 3.63) is 31.2 Å². The topological polar surface area (TPSA) is 21.3 Å². The highest BCUT2D eigenvalue weighted by molar-refractivity contribution is 5.57. The zero-order valence-corrected chi connectivity index (χ0v) is 6.21. The van der Waals surface area contributed by atoms with E-state index in [1.807, 2.05) is 24.3 Å². The summed E-state index contributed by atoms with van der Waals surface area (Å²) in [6.07, 6.45) is 0.0323. The molecule has 2 heteroatoms. The molecule has 0 amide bonds.